The normalized spacial score (nSPS) is 10.4. The highest BCUT2D eigenvalue weighted by Gasteiger charge is 2.15. The van der Waals surface area contributed by atoms with E-state index < -0.39 is 0 Å². The van der Waals surface area contributed by atoms with Crippen LogP contribution in [-0.2, 0) is 16.0 Å². The van der Waals surface area contributed by atoms with Gasteiger partial charge in [-0.2, -0.15) is 0 Å². The van der Waals surface area contributed by atoms with Crippen molar-refractivity contribution in [2.24, 2.45) is 0 Å². The maximum atomic E-state index is 12.8. The predicted octanol–water partition coefficient (Wildman–Crippen LogP) is 1.83. The number of aromatic nitrogens is 1. The van der Waals surface area contributed by atoms with E-state index in [1.54, 1.807) is 25.1 Å². The highest BCUT2D eigenvalue weighted by atomic mass is 19.1. The zero-order valence-corrected chi connectivity index (χ0v) is 13.0. The molecule has 0 aliphatic carbocycles. The average Bonchev–Trinajstić information content (AvgIpc) is 2.92. The molecule has 1 N–H and O–H groups in total. The van der Waals surface area contributed by atoms with Gasteiger partial charge in [0.15, 0.2) is 5.82 Å². The first-order valence-electron chi connectivity index (χ1n) is 7.18. The Kier molecular flexibility index (Phi) is 5.46. The van der Waals surface area contributed by atoms with Crippen LogP contribution in [0.3, 0.4) is 0 Å². The van der Waals surface area contributed by atoms with E-state index in [1.807, 2.05) is 0 Å². The lowest BCUT2D eigenvalue weighted by atomic mass is 10.1. The van der Waals surface area contributed by atoms with Gasteiger partial charge >= 0.3 is 0 Å². The number of aryl methyl sites for hydroxylation is 1. The van der Waals surface area contributed by atoms with Crippen LogP contribution in [0.15, 0.2) is 34.9 Å². The van der Waals surface area contributed by atoms with Crippen molar-refractivity contribution in [3.8, 4) is 0 Å². The summed E-state index contributed by atoms with van der Waals surface area (Å²) in [5.74, 6) is 0.297. The summed E-state index contributed by atoms with van der Waals surface area (Å²) in [6, 6.07) is 7.41. The zero-order chi connectivity index (χ0) is 16.8. The Morgan fingerprint density at radius 1 is 1.30 bits per heavy atom. The van der Waals surface area contributed by atoms with Crippen LogP contribution < -0.4 is 10.2 Å². The van der Waals surface area contributed by atoms with Gasteiger partial charge in [-0.1, -0.05) is 17.3 Å². The highest BCUT2D eigenvalue weighted by molar-refractivity contribution is 5.90. The molecule has 0 unspecified atom stereocenters. The Bertz CT molecular complexity index is 682. The summed E-state index contributed by atoms with van der Waals surface area (Å²) in [7, 11) is 0. The summed E-state index contributed by atoms with van der Waals surface area (Å²) in [4.78, 5) is 24.9. The lowest BCUT2D eigenvalue weighted by Gasteiger charge is -2.17. The van der Waals surface area contributed by atoms with E-state index in [2.05, 4.69) is 10.5 Å². The molecule has 0 fully saturated rings. The molecule has 1 aromatic carbocycles. The summed E-state index contributed by atoms with van der Waals surface area (Å²) < 4.78 is 17.8. The van der Waals surface area contributed by atoms with Gasteiger partial charge in [0, 0.05) is 26.1 Å². The number of benzene rings is 1. The molecular formula is C16H18FN3O3. The molecule has 0 atom stereocenters. The van der Waals surface area contributed by atoms with E-state index in [0.29, 0.717) is 11.6 Å². The number of anilines is 1. The fourth-order valence-electron chi connectivity index (χ4n) is 2.07. The van der Waals surface area contributed by atoms with Crippen molar-refractivity contribution in [3.63, 3.8) is 0 Å². The topological polar surface area (TPSA) is 75.4 Å². The number of hydrogen-bond donors (Lipinski definition) is 1. The standard InChI is InChI=1S/C16H18FN3O3/c1-11-9-15(19-23-11)20(12(2)21)8-7-18-16(22)10-13-3-5-14(17)6-4-13/h3-6,9H,7-8,10H2,1-2H3,(H,18,22). The van der Waals surface area contributed by atoms with Gasteiger partial charge in [-0.15, -0.1) is 0 Å². The molecule has 2 rings (SSSR count). The van der Waals surface area contributed by atoms with E-state index >= 15 is 0 Å². The smallest absolute Gasteiger partial charge is 0.225 e. The molecule has 2 aromatic rings. The first-order chi connectivity index (χ1) is 11.0. The minimum atomic E-state index is -0.339. The molecule has 0 aliphatic heterocycles. The summed E-state index contributed by atoms with van der Waals surface area (Å²) >= 11 is 0. The van der Waals surface area contributed by atoms with Gasteiger partial charge in [0.05, 0.1) is 6.42 Å². The molecule has 0 saturated heterocycles. The molecule has 122 valence electrons. The van der Waals surface area contributed by atoms with Gasteiger partial charge < -0.3 is 9.84 Å². The summed E-state index contributed by atoms with van der Waals surface area (Å²) in [6.07, 6.45) is 0.156. The number of carbonyl (C=O) groups excluding carboxylic acids is 2. The predicted molar refractivity (Wildman–Crippen MR) is 82.4 cm³/mol. The molecule has 7 heteroatoms. The van der Waals surface area contributed by atoms with Gasteiger partial charge in [-0.05, 0) is 24.6 Å². The Balaban J connectivity index is 1.83. The van der Waals surface area contributed by atoms with Crippen molar-refractivity contribution >= 4 is 17.6 Å². The summed E-state index contributed by atoms with van der Waals surface area (Å²) in [5.41, 5.74) is 0.722. The molecule has 0 saturated carbocycles. The largest absolute Gasteiger partial charge is 0.360 e. The number of hydrogen-bond acceptors (Lipinski definition) is 4. The monoisotopic (exact) mass is 319 g/mol. The number of rotatable bonds is 6. The van der Waals surface area contributed by atoms with Crippen molar-refractivity contribution in [1.82, 2.24) is 10.5 Å². The number of carbonyl (C=O) groups is 2. The van der Waals surface area contributed by atoms with Crippen molar-refractivity contribution in [3.05, 3.63) is 47.5 Å². The van der Waals surface area contributed by atoms with Crippen LogP contribution in [0.5, 0.6) is 0 Å². The molecule has 0 bridgehead atoms. The Labute approximate surface area is 133 Å². The number of halogens is 1. The van der Waals surface area contributed by atoms with E-state index in [-0.39, 0.29) is 37.1 Å². The Morgan fingerprint density at radius 2 is 2.00 bits per heavy atom. The van der Waals surface area contributed by atoms with Gasteiger partial charge in [-0.3, -0.25) is 14.5 Å². The van der Waals surface area contributed by atoms with E-state index in [9.17, 15) is 14.0 Å². The lowest BCUT2D eigenvalue weighted by molar-refractivity contribution is -0.121. The first kappa shape index (κ1) is 16.7. The molecule has 0 aliphatic rings. The van der Waals surface area contributed by atoms with Crippen LogP contribution in [0.1, 0.15) is 18.2 Å². The van der Waals surface area contributed by atoms with Crippen LogP contribution in [0, 0.1) is 12.7 Å². The minimum Gasteiger partial charge on any atom is -0.360 e. The lowest BCUT2D eigenvalue weighted by Crippen LogP contribution is -2.38. The molecule has 0 spiro atoms. The molecule has 2 amide bonds. The summed E-state index contributed by atoms with van der Waals surface area (Å²) in [6.45, 7) is 3.73. The van der Waals surface area contributed by atoms with Crippen LogP contribution in [0.2, 0.25) is 0 Å². The van der Waals surface area contributed by atoms with E-state index in [4.69, 9.17) is 4.52 Å². The Morgan fingerprint density at radius 3 is 2.57 bits per heavy atom. The molecular weight excluding hydrogens is 301 g/mol. The fraction of sp³-hybridized carbons (Fsp3) is 0.312. The van der Waals surface area contributed by atoms with Crippen molar-refractivity contribution < 1.29 is 18.5 Å². The van der Waals surface area contributed by atoms with Crippen LogP contribution >= 0.6 is 0 Å². The fourth-order valence-corrected chi connectivity index (χ4v) is 2.07. The highest BCUT2D eigenvalue weighted by Crippen LogP contribution is 2.13. The van der Waals surface area contributed by atoms with Gasteiger partial charge in [-0.25, -0.2) is 4.39 Å². The number of nitrogens with zero attached hydrogens (tertiary/aromatic N) is 2. The third kappa shape index (κ3) is 4.91. The minimum absolute atomic E-state index is 0.156. The molecule has 1 heterocycles. The summed E-state index contributed by atoms with van der Waals surface area (Å²) in [5, 5.41) is 6.52. The molecule has 1 aromatic heterocycles. The van der Waals surface area contributed by atoms with Crippen molar-refractivity contribution in [2.45, 2.75) is 20.3 Å². The third-order valence-corrected chi connectivity index (χ3v) is 3.21. The maximum Gasteiger partial charge on any atom is 0.225 e. The van der Waals surface area contributed by atoms with Crippen molar-refractivity contribution in [1.29, 1.82) is 0 Å². The second kappa shape index (κ2) is 7.53. The third-order valence-electron chi connectivity index (χ3n) is 3.21. The van der Waals surface area contributed by atoms with Crippen LogP contribution in [-0.4, -0.2) is 30.1 Å². The SMILES string of the molecule is CC(=O)N(CCNC(=O)Cc1ccc(F)cc1)c1cc(C)on1. The second-order valence-corrected chi connectivity index (χ2v) is 5.12. The van der Waals surface area contributed by atoms with Gasteiger partial charge in [0.25, 0.3) is 0 Å². The zero-order valence-electron chi connectivity index (χ0n) is 13.0. The van der Waals surface area contributed by atoms with Crippen molar-refractivity contribution in [2.75, 3.05) is 18.0 Å². The van der Waals surface area contributed by atoms with Crippen LogP contribution in [0.4, 0.5) is 10.2 Å². The molecule has 23 heavy (non-hydrogen) atoms. The quantitative estimate of drug-likeness (QED) is 0.881. The number of amides is 2. The Hall–Kier alpha value is -2.70. The molecule has 6 nitrogen and oxygen atoms in total. The van der Waals surface area contributed by atoms with E-state index in [1.165, 1.54) is 24.0 Å². The van der Waals surface area contributed by atoms with Gasteiger partial charge in [0.2, 0.25) is 11.8 Å². The number of nitrogens with one attached hydrogen (secondary N) is 1. The first-order valence-corrected chi connectivity index (χ1v) is 7.18. The maximum absolute atomic E-state index is 12.8. The molecule has 0 radical (unpaired) electrons. The average molecular weight is 319 g/mol. The second-order valence-electron chi connectivity index (χ2n) is 5.12. The van der Waals surface area contributed by atoms with E-state index in [0.717, 1.165) is 5.56 Å². The van der Waals surface area contributed by atoms with Crippen LogP contribution in [0.25, 0.3) is 0 Å². The van der Waals surface area contributed by atoms with Gasteiger partial charge in [0.1, 0.15) is 11.6 Å².